The van der Waals surface area contributed by atoms with Gasteiger partial charge in [-0.25, -0.2) is 0 Å². The first-order valence-electron chi connectivity index (χ1n) is 4.30. The number of thiocarbonyl (C=S) groups is 1. The van der Waals surface area contributed by atoms with Crippen LogP contribution in [-0.2, 0) is 0 Å². The second kappa shape index (κ2) is 5.01. The average Bonchev–Trinajstić information content (AvgIpc) is 2.07. The average molecular weight is 246 g/mol. The highest BCUT2D eigenvalue weighted by Crippen LogP contribution is 2.27. The zero-order valence-electron chi connectivity index (χ0n) is 8.04. The molecule has 14 heavy (non-hydrogen) atoms. The zero-order chi connectivity index (χ0) is 10.7. The number of anilines is 1. The summed E-state index contributed by atoms with van der Waals surface area (Å²) in [5.41, 5.74) is 2.12. The molecular formula is C10H12ClNS2. The summed E-state index contributed by atoms with van der Waals surface area (Å²) in [6, 6.07) is 5.70. The molecule has 0 saturated heterocycles. The molecule has 1 rings (SSSR count). The summed E-state index contributed by atoms with van der Waals surface area (Å²) in [4.78, 5) is 0. The molecule has 0 saturated carbocycles. The van der Waals surface area contributed by atoms with Gasteiger partial charge in [0.25, 0.3) is 0 Å². The van der Waals surface area contributed by atoms with E-state index in [0.29, 0.717) is 10.2 Å². The first-order valence-corrected chi connectivity index (χ1v) is 5.53. The standard InChI is InChI=1S/C10H12ClNS2/c1-6(2)8-5-7(11)3-4-9(8)12-10(13)14/h3-6H,1-2H3,(H2,12,13,14). The fraction of sp³-hybridized carbons (Fsp3) is 0.300. The van der Waals surface area contributed by atoms with Crippen molar-refractivity contribution in [2.24, 2.45) is 0 Å². The minimum absolute atomic E-state index is 0.402. The van der Waals surface area contributed by atoms with E-state index in [1.54, 1.807) is 0 Å². The predicted octanol–water partition coefficient (Wildman–Crippen LogP) is 4.09. The van der Waals surface area contributed by atoms with E-state index in [1.165, 1.54) is 0 Å². The largest absolute Gasteiger partial charge is 0.341 e. The van der Waals surface area contributed by atoms with E-state index in [-0.39, 0.29) is 0 Å². The van der Waals surface area contributed by atoms with Crippen LogP contribution in [0.3, 0.4) is 0 Å². The third kappa shape index (κ3) is 3.15. The molecule has 0 aromatic heterocycles. The van der Waals surface area contributed by atoms with Gasteiger partial charge in [-0.05, 0) is 29.7 Å². The van der Waals surface area contributed by atoms with Crippen molar-refractivity contribution in [1.82, 2.24) is 0 Å². The van der Waals surface area contributed by atoms with Gasteiger partial charge in [0.2, 0.25) is 0 Å². The van der Waals surface area contributed by atoms with E-state index < -0.39 is 0 Å². The van der Waals surface area contributed by atoms with Gasteiger partial charge in [0.15, 0.2) is 0 Å². The van der Waals surface area contributed by atoms with Gasteiger partial charge in [-0.15, -0.1) is 12.6 Å². The van der Waals surface area contributed by atoms with Crippen molar-refractivity contribution < 1.29 is 0 Å². The quantitative estimate of drug-likeness (QED) is 0.601. The second-order valence-electron chi connectivity index (χ2n) is 3.32. The van der Waals surface area contributed by atoms with Crippen molar-refractivity contribution >= 4 is 46.5 Å². The molecule has 0 spiro atoms. The molecule has 0 aliphatic carbocycles. The van der Waals surface area contributed by atoms with Gasteiger partial charge >= 0.3 is 0 Å². The minimum Gasteiger partial charge on any atom is -0.341 e. The maximum absolute atomic E-state index is 5.92. The number of nitrogens with one attached hydrogen (secondary N) is 1. The molecule has 1 N–H and O–H groups in total. The van der Waals surface area contributed by atoms with E-state index in [0.717, 1.165) is 16.3 Å². The molecule has 76 valence electrons. The molecule has 1 aromatic rings. The number of halogens is 1. The molecule has 0 amide bonds. The van der Waals surface area contributed by atoms with Crippen molar-refractivity contribution in [3.05, 3.63) is 28.8 Å². The Labute approximate surface area is 100 Å². The Morgan fingerprint density at radius 1 is 1.50 bits per heavy atom. The Morgan fingerprint density at radius 3 is 2.64 bits per heavy atom. The third-order valence-corrected chi connectivity index (χ3v) is 2.33. The van der Waals surface area contributed by atoms with E-state index >= 15 is 0 Å². The summed E-state index contributed by atoms with van der Waals surface area (Å²) in [5, 5.41) is 3.76. The lowest BCUT2D eigenvalue weighted by Gasteiger charge is -2.13. The smallest absolute Gasteiger partial charge is 0.135 e. The number of hydrogen-bond acceptors (Lipinski definition) is 1. The van der Waals surface area contributed by atoms with Crippen LogP contribution in [0.2, 0.25) is 5.02 Å². The first-order chi connectivity index (χ1) is 6.50. The van der Waals surface area contributed by atoms with Crippen LogP contribution in [0.5, 0.6) is 0 Å². The van der Waals surface area contributed by atoms with Crippen LogP contribution in [0, 0.1) is 0 Å². The molecular weight excluding hydrogens is 234 g/mol. The molecule has 0 radical (unpaired) electrons. The van der Waals surface area contributed by atoms with E-state index in [1.807, 2.05) is 18.2 Å². The predicted molar refractivity (Wildman–Crippen MR) is 70.7 cm³/mol. The lowest BCUT2D eigenvalue weighted by molar-refractivity contribution is 0.870. The van der Waals surface area contributed by atoms with Crippen LogP contribution in [-0.4, -0.2) is 4.32 Å². The van der Waals surface area contributed by atoms with Crippen molar-refractivity contribution in [3.63, 3.8) is 0 Å². The second-order valence-corrected chi connectivity index (χ2v) is 4.91. The molecule has 0 bridgehead atoms. The number of thiol groups is 1. The normalized spacial score (nSPS) is 10.4. The molecule has 4 heteroatoms. The Morgan fingerprint density at radius 2 is 2.14 bits per heavy atom. The highest BCUT2D eigenvalue weighted by atomic mass is 35.5. The Bertz CT molecular complexity index is 350. The topological polar surface area (TPSA) is 12.0 Å². The lowest BCUT2D eigenvalue weighted by atomic mass is 10.0. The van der Waals surface area contributed by atoms with Crippen molar-refractivity contribution in [2.45, 2.75) is 19.8 Å². The van der Waals surface area contributed by atoms with Gasteiger partial charge in [0.1, 0.15) is 4.32 Å². The molecule has 0 fully saturated rings. The maximum atomic E-state index is 5.92. The minimum atomic E-state index is 0.402. The summed E-state index contributed by atoms with van der Waals surface area (Å²) in [5.74, 6) is 0.402. The number of rotatable bonds is 2. The zero-order valence-corrected chi connectivity index (χ0v) is 10.5. The molecule has 0 aliphatic heterocycles. The SMILES string of the molecule is CC(C)c1cc(Cl)ccc1NC(=S)S. The summed E-state index contributed by atoms with van der Waals surface area (Å²) in [7, 11) is 0. The maximum Gasteiger partial charge on any atom is 0.135 e. The van der Waals surface area contributed by atoms with Crippen LogP contribution < -0.4 is 5.32 Å². The summed E-state index contributed by atoms with van der Waals surface area (Å²) in [6.07, 6.45) is 0. The van der Waals surface area contributed by atoms with Crippen LogP contribution in [0.1, 0.15) is 25.3 Å². The van der Waals surface area contributed by atoms with Crippen LogP contribution in [0.25, 0.3) is 0 Å². The van der Waals surface area contributed by atoms with Gasteiger partial charge < -0.3 is 5.32 Å². The van der Waals surface area contributed by atoms with Gasteiger partial charge in [-0.2, -0.15) is 0 Å². The first kappa shape index (κ1) is 11.8. The Kier molecular flexibility index (Phi) is 4.23. The third-order valence-electron chi connectivity index (χ3n) is 1.88. The highest BCUT2D eigenvalue weighted by Gasteiger charge is 2.07. The summed E-state index contributed by atoms with van der Waals surface area (Å²) < 4.78 is 0.467. The molecule has 0 atom stereocenters. The van der Waals surface area contributed by atoms with Crippen LogP contribution in [0.15, 0.2) is 18.2 Å². The fourth-order valence-corrected chi connectivity index (χ4v) is 1.65. The molecule has 0 aliphatic rings. The Balaban J connectivity index is 3.08. The van der Waals surface area contributed by atoms with Crippen molar-refractivity contribution in [1.29, 1.82) is 0 Å². The number of hydrogen-bond donors (Lipinski definition) is 2. The molecule has 1 aromatic carbocycles. The van der Waals surface area contributed by atoms with Gasteiger partial charge in [-0.1, -0.05) is 37.7 Å². The van der Waals surface area contributed by atoms with Crippen molar-refractivity contribution in [2.75, 3.05) is 5.32 Å². The Hall–Kier alpha value is -0.250. The van der Waals surface area contributed by atoms with Crippen LogP contribution in [0.4, 0.5) is 5.69 Å². The van der Waals surface area contributed by atoms with E-state index in [9.17, 15) is 0 Å². The van der Waals surface area contributed by atoms with Gasteiger partial charge in [-0.3, -0.25) is 0 Å². The molecule has 1 nitrogen and oxygen atoms in total. The van der Waals surface area contributed by atoms with E-state index in [4.69, 9.17) is 23.8 Å². The summed E-state index contributed by atoms with van der Waals surface area (Å²) >= 11 is 14.8. The van der Waals surface area contributed by atoms with E-state index in [2.05, 4.69) is 31.8 Å². The summed E-state index contributed by atoms with van der Waals surface area (Å²) in [6.45, 7) is 4.22. The van der Waals surface area contributed by atoms with Crippen molar-refractivity contribution in [3.8, 4) is 0 Å². The molecule has 0 heterocycles. The molecule has 0 unspecified atom stereocenters. The van der Waals surface area contributed by atoms with Gasteiger partial charge in [0, 0.05) is 10.7 Å². The van der Waals surface area contributed by atoms with Crippen LogP contribution >= 0.6 is 36.4 Å². The fourth-order valence-electron chi connectivity index (χ4n) is 1.24. The van der Waals surface area contributed by atoms with Gasteiger partial charge in [0.05, 0.1) is 0 Å². The highest BCUT2D eigenvalue weighted by molar-refractivity contribution is 8.11. The lowest BCUT2D eigenvalue weighted by Crippen LogP contribution is -2.04. The number of benzene rings is 1. The monoisotopic (exact) mass is 245 g/mol.